The average molecular weight is 519 g/mol. The van der Waals surface area contributed by atoms with Gasteiger partial charge in [-0.05, 0) is 65.2 Å². The number of nitrogens with zero attached hydrogens (tertiary/aromatic N) is 5. The van der Waals surface area contributed by atoms with Crippen LogP contribution < -0.4 is 15.1 Å². The Balaban J connectivity index is 1.12. The van der Waals surface area contributed by atoms with E-state index >= 15 is 0 Å². The highest BCUT2D eigenvalue weighted by molar-refractivity contribution is 5.92. The van der Waals surface area contributed by atoms with E-state index in [0.29, 0.717) is 5.69 Å². The summed E-state index contributed by atoms with van der Waals surface area (Å²) in [5.74, 6) is 0.420. The number of carbonyl (C=O) groups excluding carboxylic acids is 1. The summed E-state index contributed by atoms with van der Waals surface area (Å²) in [6.07, 6.45) is 5.70. The summed E-state index contributed by atoms with van der Waals surface area (Å²) < 4.78 is 13.1. The van der Waals surface area contributed by atoms with Crippen molar-refractivity contribution in [1.29, 1.82) is 0 Å². The number of hydrogen-bond donors (Lipinski definition) is 1. The third-order valence-corrected chi connectivity index (χ3v) is 6.94. The third kappa shape index (κ3) is 5.70. The van der Waals surface area contributed by atoms with E-state index in [1.807, 2.05) is 67.1 Å². The number of aromatic nitrogens is 3. The Morgan fingerprint density at radius 2 is 1.49 bits per heavy atom. The molecule has 2 aromatic heterocycles. The highest BCUT2D eigenvalue weighted by atomic mass is 19.1. The van der Waals surface area contributed by atoms with E-state index in [1.165, 1.54) is 17.8 Å². The summed E-state index contributed by atoms with van der Waals surface area (Å²) in [4.78, 5) is 30.7. The fourth-order valence-electron chi connectivity index (χ4n) is 4.82. The number of halogens is 1. The molecule has 39 heavy (non-hydrogen) atoms. The van der Waals surface area contributed by atoms with Gasteiger partial charge in [0.05, 0.1) is 23.7 Å². The largest absolute Gasteiger partial charge is 0.368 e. The first-order valence-corrected chi connectivity index (χ1v) is 12.9. The fourth-order valence-corrected chi connectivity index (χ4v) is 4.82. The van der Waals surface area contributed by atoms with Crippen LogP contribution in [0, 0.1) is 5.82 Å². The van der Waals surface area contributed by atoms with E-state index in [4.69, 9.17) is 4.98 Å². The van der Waals surface area contributed by atoms with Gasteiger partial charge in [-0.25, -0.2) is 9.37 Å². The highest BCUT2D eigenvalue weighted by Gasteiger charge is 2.19. The minimum absolute atomic E-state index is 0.149. The molecule has 0 aliphatic carbocycles. The molecule has 1 amide bonds. The molecule has 3 aromatic carbocycles. The Bertz CT molecular complexity index is 1580. The molecule has 1 N–H and O–H groups in total. The van der Waals surface area contributed by atoms with E-state index < -0.39 is 0 Å². The van der Waals surface area contributed by atoms with Gasteiger partial charge in [0.1, 0.15) is 11.6 Å². The lowest BCUT2D eigenvalue weighted by Gasteiger charge is -2.36. The van der Waals surface area contributed by atoms with Crippen molar-refractivity contribution >= 4 is 34.1 Å². The monoisotopic (exact) mass is 518 g/mol. The molecule has 3 heterocycles. The molecule has 5 aromatic rings. The van der Waals surface area contributed by atoms with E-state index in [-0.39, 0.29) is 18.1 Å². The van der Waals surface area contributed by atoms with Gasteiger partial charge < -0.3 is 15.1 Å². The van der Waals surface area contributed by atoms with Crippen molar-refractivity contribution in [2.75, 3.05) is 41.3 Å². The molecule has 0 atom stereocenters. The summed E-state index contributed by atoms with van der Waals surface area (Å²) in [6, 6.07) is 23.8. The molecular weight excluding hydrogens is 491 g/mol. The second kappa shape index (κ2) is 10.9. The quantitative estimate of drug-likeness (QED) is 0.327. The Hall–Kier alpha value is -4.85. The minimum atomic E-state index is -0.314. The lowest BCUT2D eigenvalue weighted by atomic mass is 10.0. The van der Waals surface area contributed by atoms with Crippen LogP contribution in [0.15, 0.2) is 97.5 Å². The van der Waals surface area contributed by atoms with Crippen LogP contribution in [-0.4, -0.2) is 47.0 Å². The number of piperazine rings is 1. The smallest absolute Gasteiger partial charge is 0.228 e. The maximum Gasteiger partial charge on any atom is 0.228 e. The number of fused-ring (bicyclic) bond motifs is 1. The summed E-state index contributed by atoms with van der Waals surface area (Å²) in [6.45, 7) is 3.57. The van der Waals surface area contributed by atoms with Crippen molar-refractivity contribution in [2.45, 2.75) is 6.42 Å². The maximum atomic E-state index is 13.1. The second-order valence-corrected chi connectivity index (χ2v) is 9.54. The normalized spacial score (nSPS) is 13.5. The molecule has 1 aliphatic heterocycles. The first-order valence-electron chi connectivity index (χ1n) is 12.9. The van der Waals surface area contributed by atoms with Crippen LogP contribution in [-0.2, 0) is 11.2 Å². The van der Waals surface area contributed by atoms with Gasteiger partial charge >= 0.3 is 0 Å². The second-order valence-electron chi connectivity index (χ2n) is 9.54. The molecule has 1 saturated heterocycles. The van der Waals surface area contributed by atoms with Gasteiger partial charge in [0.25, 0.3) is 0 Å². The number of nitrogens with one attached hydrogen (secondary N) is 1. The molecule has 7 nitrogen and oxygen atoms in total. The highest BCUT2D eigenvalue weighted by Crippen LogP contribution is 2.26. The number of hydrogen-bond acceptors (Lipinski definition) is 6. The molecule has 0 unspecified atom stereocenters. The first-order chi connectivity index (χ1) is 19.1. The van der Waals surface area contributed by atoms with Crippen LogP contribution in [0.1, 0.15) is 5.56 Å². The molecular formula is C31H27FN6O. The SMILES string of the molecule is O=C(Cc1ccc(F)cc1)Nc1ccc(-c2ccc3ncc(N4CCN(c5ccncc5)CC4)nc3c2)cc1. The van der Waals surface area contributed by atoms with Crippen LogP contribution in [0.5, 0.6) is 0 Å². The van der Waals surface area contributed by atoms with Gasteiger partial charge in [0.2, 0.25) is 5.91 Å². The summed E-state index contributed by atoms with van der Waals surface area (Å²) in [7, 11) is 0. The Morgan fingerprint density at radius 1 is 0.795 bits per heavy atom. The van der Waals surface area contributed by atoms with Crippen molar-refractivity contribution in [2.24, 2.45) is 0 Å². The Labute approximate surface area is 226 Å². The molecule has 0 bridgehead atoms. The van der Waals surface area contributed by atoms with Crippen LogP contribution in [0.2, 0.25) is 0 Å². The fraction of sp³-hybridized carbons (Fsp3) is 0.161. The molecule has 8 heteroatoms. The Kier molecular flexibility index (Phi) is 6.82. The van der Waals surface area contributed by atoms with E-state index in [2.05, 4.69) is 31.2 Å². The van der Waals surface area contributed by atoms with Crippen LogP contribution in [0.3, 0.4) is 0 Å². The molecule has 194 valence electrons. The van der Waals surface area contributed by atoms with Gasteiger partial charge in [-0.2, -0.15) is 0 Å². The molecule has 6 rings (SSSR count). The summed E-state index contributed by atoms with van der Waals surface area (Å²) in [5, 5.41) is 2.90. The first kappa shape index (κ1) is 24.5. The molecule has 0 spiro atoms. The maximum absolute atomic E-state index is 13.1. The number of pyridine rings is 1. The van der Waals surface area contributed by atoms with Gasteiger partial charge in [-0.15, -0.1) is 0 Å². The number of rotatable bonds is 6. The van der Waals surface area contributed by atoms with Crippen molar-refractivity contribution in [3.63, 3.8) is 0 Å². The molecule has 1 aliphatic rings. The number of amides is 1. The van der Waals surface area contributed by atoms with E-state index in [9.17, 15) is 9.18 Å². The lowest BCUT2D eigenvalue weighted by Crippen LogP contribution is -2.46. The van der Waals surface area contributed by atoms with Crippen molar-refractivity contribution in [3.8, 4) is 11.1 Å². The predicted octanol–water partition coefficient (Wildman–Crippen LogP) is 5.34. The van der Waals surface area contributed by atoms with Gasteiger partial charge in [0, 0.05) is 49.9 Å². The van der Waals surface area contributed by atoms with Crippen LogP contribution in [0.4, 0.5) is 21.6 Å². The topological polar surface area (TPSA) is 74.2 Å². The lowest BCUT2D eigenvalue weighted by molar-refractivity contribution is -0.115. The zero-order chi connectivity index (χ0) is 26.6. The van der Waals surface area contributed by atoms with Crippen molar-refractivity contribution in [1.82, 2.24) is 15.0 Å². The zero-order valence-corrected chi connectivity index (χ0v) is 21.3. The van der Waals surface area contributed by atoms with Crippen LogP contribution in [0.25, 0.3) is 22.2 Å². The number of carbonyl (C=O) groups is 1. The van der Waals surface area contributed by atoms with E-state index in [1.54, 1.807) is 12.1 Å². The van der Waals surface area contributed by atoms with Gasteiger partial charge in [-0.3, -0.25) is 14.8 Å². The van der Waals surface area contributed by atoms with Gasteiger partial charge in [0.15, 0.2) is 0 Å². The zero-order valence-electron chi connectivity index (χ0n) is 21.3. The van der Waals surface area contributed by atoms with Gasteiger partial charge in [-0.1, -0.05) is 30.3 Å². The van der Waals surface area contributed by atoms with Crippen molar-refractivity contribution in [3.05, 3.63) is 109 Å². The minimum Gasteiger partial charge on any atom is -0.368 e. The average Bonchev–Trinajstić information content (AvgIpc) is 2.99. The summed E-state index contributed by atoms with van der Waals surface area (Å²) >= 11 is 0. The van der Waals surface area contributed by atoms with E-state index in [0.717, 1.165) is 59.7 Å². The van der Waals surface area contributed by atoms with Crippen LogP contribution >= 0.6 is 0 Å². The molecule has 1 fully saturated rings. The molecule has 0 saturated carbocycles. The predicted molar refractivity (Wildman–Crippen MR) is 152 cm³/mol. The summed E-state index contributed by atoms with van der Waals surface area (Å²) in [5.41, 5.74) is 6.41. The molecule has 0 radical (unpaired) electrons. The van der Waals surface area contributed by atoms with Crippen molar-refractivity contribution < 1.29 is 9.18 Å². The standard InChI is InChI=1S/C31H27FN6O/c32-25-6-1-22(2-7-25)19-31(39)35-26-8-3-23(4-9-26)24-5-10-28-29(20-24)36-30(21-34-28)38-17-15-37(16-18-38)27-11-13-33-14-12-27/h1-14,20-21H,15-19H2,(H,35,39). The number of benzene rings is 3. The Morgan fingerprint density at radius 3 is 2.23 bits per heavy atom. The number of anilines is 3. The third-order valence-electron chi connectivity index (χ3n) is 6.94.